The summed E-state index contributed by atoms with van der Waals surface area (Å²) in [5.41, 5.74) is 0.769. The summed E-state index contributed by atoms with van der Waals surface area (Å²) >= 11 is 3.45. The SMILES string of the molecule is COc1cc(C=Nn2c(=O)[nH]c3ccccc3c2=O)c(Br)cc1OCc1ccc(C(=O)O)cc1. The number of carboxylic acids is 1. The zero-order valence-corrected chi connectivity index (χ0v) is 19.4. The molecular weight excluding hydrogens is 506 g/mol. The van der Waals surface area contributed by atoms with Gasteiger partial charge in [0.25, 0.3) is 5.56 Å². The molecule has 9 nitrogen and oxygen atoms in total. The molecule has 0 aliphatic rings. The number of aromatic carboxylic acids is 1. The number of aromatic nitrogens is 2. The Bertz CT molecular complexity index is 1520. The lowest BCUT2D eigenvalue weighted by Gasteiger charge is -2.13. The van der Waals surface area contributed by atoms with Crippen LogP contribution in [-0.2, 0) is 6.61 Å². The molecule has 0 saturated carbocycles. The van der Waals surface area contributed by atoms with Gasteiger partial charge in [0.05, 0.1) is 29.8 Å². The molecule has 0 atom stereocenters. The summed E-state index contributed by atoms with van der Waals surface area (Å²) in [6.45, 7) is 0.192. The van der Waals surface area contributed by atoms with Gasteiger partial charge in [0.1, 0.15) is 6.61 Å². The van der Waals surface area contributed by atoms with Crippen LogP contribution in [0, 0.1) is 0 Å². The van der Waals surface area contributed by atoms with E-state index in [9.17, 15) is 14.4 Å². The largest absolute Gasteiger partial charge is 0.493 e. The predicted octanol–water partition coefficient (Wildman–Crippen LogP) is 3.62. The monoisotopic (exact) mass is 523 g/mol. The van der Waals surface area contributed by atoms with Crippen molar-refractivity contribution in [1.29, 1.82) is 0 Å². The van der Waals surface area contributed by atoms with Crippen molar-refractivity contribution >= 4 is 39.0 Å². The van der Waals surface area contributed by atoms with E-state index in [0.717, 1.165) is 10.2 Å². The van der Waals surface area contributed by atoms with Crippen LogP contribution in [0.25, 0.3) is 10.9 Å². The van der Waals surface area contributed by atoms with Gasteiger partial charge in [-0.15, -0.1) is 4.68 Å². The van der Waals surface area contributed by atoms with Crippen LogP contribution in [0.15, 0.2) is 79.8 Å². The van der Waals surface area contributed by atoms with Crippen molar-refractivity contribution in [3.63, 3.8) is 0 Å². The van der Waals surface area contributed by atoms with Gasteiger partial charge in [-0.3, -0.25) is 4.79 Å². The Morgan fingerprint density at radius 3 is 2.56 bits per heavy atom. The Morgan fingerprint density at radius 1 is 1.12 bits per heavy atom. The van der Waals surface area contributed by atoms with E-state index in [1.807, 2.05) is 0 Å². The van der Waals surface area contributed by atoms with Gasteiger partial charge in [-0.2, -0.15) is 5.10 Å². The third kappa shape index (κ3) is 4.76. The molecule has 0 aliphatic carbocycles. The molecule has 1 aromatic heterocycles. The number of hydrogen-bond donors (Lipinski definition) is 2. The lowest BCUT2D eigenvalue weighted by molar-refractivity contribution is 0.0697. The van der Waals surface area contributed by atoms with Gasteiger partial charge in [0, 0.05) is 10.0 Å². The van der Waals surface area contributed by atoms with E-state index >= 15 is 0 Å². The lowest BCUT2D eigenvalue weighted by Crippen LogP contribution is -2.32. The molecule has 3 aromatic carbocycles. The van der Waals surface area contributed by atoms with Gasteiger partial charge in [0.15, 0.2) is 11.5 Å². The van der Waals surface area contributed by atoms with E-state index in [-0.39, 0.29) is 12.2 Å². The van der Waals surface area contributed by atoms with Gasteiger partial charge >= 0.3 is 11.7 Å². The van der Waals surface area contributed by atoms with E-state index in [1.54, 1.807) is 48.5 Å². The number of rotatable bonds is 7. The highest BCUT2D eigenvalue weighted by Crippen LogP contribution is 2.33. The molecule has 0 fully saturated rings. The second-order valence-corrected chi connectivity index (χ2v) is 8.01. The number of fused-ring (bicyclic) bond motifs is 1. The van der Waals surface area contributed by atoms with E-state index in [0.29, 0.717) is 32.4 Å². The van der Waals surface area contributed by atoms with Gasteiger partial charge < -0.3 is 19.6 Å². The number of nitrogens with one attached hydrogen (secondary N) is 1. The molecule has 0 amide bonds. The van der Waals surface area contributed by atoms with Crippen molar-refractivity contribution < 1.29 is 19.4 Å². The predicted molar refractivity (Wildman–Crippen MR) is 130 cm³/mol. The molecule has 0 bridgehead atoms. The van der Waals surface area contributed by atoms with Crippen LogP contribution >= 0.6 is 15.9 Å². The molecular formula is C24H18BrN3O6. The fourth-order valence-electron chi connectivity index (χ4n) is 3.20. The van der Waals surface area contributed by atoms with Crippen molar-refractivity contribution in [2.24, 2.45) is 5.10 Å². The molecule has 0 saturated heterocycles. The molecule has 34 heavy (non-hydrogen) atoms. The Morgan fingerprint density at radius 2 is 1.85 bits per heavy atom. The standard InChI is InChI=1S/C24H18BrN3O6/c1-33-20-10-16(12-26-28-22(29)17-4-2-3-5-19(17)27-24(28)32)18(25)11-21(20)34-13-14-6-8-15(9-7-14)23(30)31/h2-12H,13H2,1H3,(H,27,32)(H,30,31). The molecule has 0 unspecified atom stereocenters. The number of para-hydroxylation sites is 1. The van der Waals surface area contributed by atoms with Crippen molar-refractivity contribution in [2.75, 3.05) is 7.11 Å². The quantitative estimate of drug-likeness (QED) is 0.356. The van der Waals surface area contributed by atoms with Gasteiger partial charge in [-0.25, -0.2) is 9.59 Å². The topological polar surface area (TPSA) is 123 Å². The van der Waals surface area contributed by atoms with Crippen LogP contribution in [0.5, 0.6) is 11.5 Å². The summed E-state index contributed by atoms with van der Waals surface area (Å²) in [6.07, 6.45) is 1.37. The number of nitrogens with zero attached hydrogens (tertiary/aromatic N) is 2. The molecule has 0 spiro atoms. The van der Waals surface area contributed by atoms with Crippen molar-refractivity contribution in [2.45, 2.75) is 6.61 Å². The van der Waals surface area contributed by atoms with Crippen LogP contribution < -0.4 is 20.7 Å². The van der Waals surface area contributed by atoms with Gasteiger partial charge in [0.2, 0.25) is 0 Å². The van der Waals surface area contributed by atoms with Gasteiger partial charge in [-0.05, 0) is 57.9 Å². The minimum Gasteiger partial charge on any atom is -0.493 e. The van der Waals surface area contributed by atoms with E-state index < -0.39 is 17.2 Å². The van der Waals surface area contributed by atoms with Crippen molar-refractivity contribution in [3.8, 4) is 11.5 Å². The molecule has 2 N–H and O–H groups in total. The molecule has 0 aliphatic heterocycles. The number of aromatic amines is 1. The maximum absolute atomic E-state index is 12.7. The minimum absolute atomic E-state index is 0.192. The average Bonchev–Trinajstić information content (AvgIpc) is 2.83. The maximum atomic E-state index is 12.7. The first-order valence-electron chi connectivity index (χ1n) is 9.98. The average molecular weight is 524 g/mol. The maximum Gasteiger partial charge on any atom is 0.349 e. The van der Waals surface area contributed by atoms with Crippen LogP contribution in [0.2, 0.25) is 0 Å². The molecule has 0 radical (unpaired) electrons. The molecule has 4 aromatic rings. The van der Waals surface area contributed by atoms with Crippen molar-refractivity contribution in [3.05, 3.63) is 103 Å². The van der Waals surface area contributed by atoms with E-state index in [1.165, 1.54) is 25.5 Å². The molecule has 10 heteroatoms. The zero-order chi connectivity index (χ0) is 24.2. The fraction of sp³-hybridized carbons (Fsp3) is 0.0833. The first kappa shape index (κ1) is 23.0. The van der Waals surface area contributed by atoms with Crippen LogP contribution in [0.1, 0.15) is 21.5 Å². The Kier molecular flexibility index (Phi) is 6.60. The number of hydrogen-bond acceptors (Lipinski definition) is 6. The van der Waals surface area contributed by atoms with E-state index in [4.69, 9.17) is 14.6 Å². The highest BCUT2D eigenvalue weighted by Gasteiger charge is 2.11. The van der Waals surface area contributed by atoms with Crippen LogP contribution in [0.3, 0.4) is 0 Å². The number of H-pyrrole nitrogens is 1. The van der Waals surface area contributed by atoms with Crippen LogP contribution in [0.4, 0.5) is 0 Å². The summed E-state index contributed by atoms with van der Waals surface area (Å²) in [7, 11) is 1.48. The summed E-state index contributed by atoms with van der Waals surface area (Å²) in [5.74, 6) is -0.149. The van der Waals surface area contributed by atoms with Crippen molar-refractivity contribution in [1.82, 2.24) is 9.66 Å². The molecule has 172 valence electrons. The van der Waals surface area contributed by atoms with Crippen LogP contribution in [-0.4, -0.2) is 34.1 Å². The molecule has 4 rings (SSSR count). The summed E-state index contributed by atoms with van der Waals surface area (Å²) in [5, 5.41) is 13.4. The molecule has 1 heterocycles. The smallest absolute Gasteiger partial charge is 0.349 e. The summed E-state index contributed by atoms with van der Waals surface area (Å²) in [6, 6.07) is 16.4. The number of benzene rings is 3. The number of carbonyl (C=O) groups is 1. The first-order chi connectivity index (χ1) is 16.4. The highest BCUT2D eigenvalue weighted by atomic mass is 79.9. The fourth-order valence-corrected chi connectivity index (χ4v) is 3.63. The second-order valence-electron chi connectivity index (χ2n) is 7.15. The second kappa shape index (κ2) is 9.75. The third-order valence-electron chi connectivity index (χ3n) is 4.97. The Balaban J connectivity index is 1.59. The van der Waals surface area contributed by atoms with Gasteiger partial charge in [-0.1, -0.05) is 24.3 Å². The number of methoxy groups -OCH3 is 1. The third-order valence-corrected chi connectivity index (χ3v) is 5.66. The Hall–Kier alpha value is -4.18. The lowest BCUT2D eigenvalue weighted by atomic mass is 10.1. The zero-order valence-electron chi connectivity index (χ0n) is 17.8. The Labute approximate surface area is 201 Å². The van der Waals surface area contributed by atoms with E-state index in [2.05, 4.69) is 26.0 Å². The number of ether oxygens (including phenoxy) is 2. The summed E-state index contributed by atoms with van der Waals surface area (Å²) in [4.78, 5) is 38.6. The number of carboxylic acid groups (broad SMARTS) is 1. The highest BCUT2D eigenvalue weighted by molar-refractivity contribution is 9.10. The minimum atomic E-state index is -0.997. The normalized spacial score (nSPS) is 11.1. The number of halogens is 1. The first-order valence-corrected chi connectivity index (χ1v) is 10.8. The summed E-state index contributed by atoms with van der Waals surface area (Å²) < 4.78 is 12.6.